The van der Waals surface area contributed by atoms with Crippen molar-refractivity contribution >= 4 is 40.6 Å². The van der Waals surface area contributed by atoms with Gasteiger partial charge in [-0.1, -0.05) is 47.5 Å². The summed E-state index contributed by atoms with van der Waals surface area (Å²) >= 11 is 17.6. The number of benzene rings is 1. The van der Waals surface area contributed by atoms with Gasteiger partial charge in [-0.2, -0.15) is 0 Å². The van der Waals surface area contributed by atoms with Crippen LogP contribution in [-0.4, -0.2) is 4.98 Å². The molecule has 0 bridgehead atoms. The van der Waals surface area contributed by atoms with E-state index in [1.54, 1.807) is 12.3 Å². The Morgan fingerprint density at radius 1 is 1.11 bits per heavy atom. The lowest BCUT2D eigenvalue weighted by molar-refractivity contribution is 1.10. The Balaban J connectivity index is 2.06. The lowest BCUT2D eigenvalue weighted by atomic mass is 10.1. The molecular weight excluding hydrogens is 291 g/mol. The van der Waals surface area contributed by atoms with Crippen LogP contribution in [0.3, 0.4) is 0 Å². The zero-order valence-corrected chi connectivity index (χ0v) is 11.7. The SMILES string of the molecule is ClCc1cccc(CNc2ncc(Cl)cc2Cl)c1. The van der Waals surface area contributed by atoms with Gasteiger partial charge in [-0.05, 0) is 17.2 Å². The van der Waals surface area contributed by atoms with Gasteiger partial charge in [0.1, 0.15) is 5.82 Å². The minimum Gasteiger partial charge on any atom is -0.365 e. The second-order valence-corrected chi connectivity index (χ2v) is 4.90. The van der Waals surface area contributed by atoms with E-state index in [0.29, 0.717) is 28.3 Å². The van der Waals surface area contributed by atoms with E-state index in [2.05, 4.69) is 10.3 Å². The van der Waals surface area contributed by atoms with Crippen LogP contribution in [0.1, 0.15) is 11.1 Å². The summed E-state index contributed by atoms with van der Waals surface area (Å²) in [5.41, 5.74) is 2.21. The van der Waals surface area contributed by atoms with E-state index in [1.165, 1.54) is 0 Å². The molecule has 0 saturated heterocycles. The number of anilines is 1. The van der Waals surface area contributed by atoms with Crippen molar-refractivity contribution in [2.24, 2.45) is 0 Å². The number of rotatable bonds is 4. The summed E-state index contributed by atoms with van der Waals surface area (Å²) in [6, 6.07) is 9.69. The molecule has 2 rings (SSSR count). The predicted molar refractivity (Wildman–Crippen MR) is 77.6 cm³/mol. The Morgan fingerprint density at radius 3 is 2.61 bits per heavy atom. The number of nitrogens with zero attached hydrogens (tertiary/aromatic N) is 1. The van der Waals surface area contributed by atoms with Gasteiger partial charge in [-0.15, -0.1) is 11.6 Å². The summed E-state index contributed by atoms with van der Waals surface area (Å²) in [5.74, 6) is 1.13. The summed E-state index contributed by atoms with van der Waals surface area (Å²) < 4.78 is 0. The van der Waals surface area contributed by atoms with E-state index in [0.717, 1.165) is 11.1 Å². The van der Waals surface area contributed by atoms with Crippen LogP contribution in [-0.2, 0) is 12.4 Å². The van der Waals surface area contributed by atoms with Crippen LogP contribution in [0.5, 0.6) is 0 Å². The van der Waals surface area contributed by atoms with Gasteiger partial charge >= 0.3 is 0 Å². The molecule has 0 atom stereocenters. The average Bonchev–Trinajstić information content (AvgIpc) is 2.38. The summed E-state index contributed by atoms with van der Waals surface area (Å²) in [7, 11) is 0. The number of aromatic nitrogens is 1. The van der Waals surface area contributed by atoms with Crippen molar-refractivity contribution in [3.05, 3.63) is 57.7 Å². The Labute approximate surface area is 121 Å². The summed E-state index contributed by atoms with van der Waals surface area (Å²) in [4.78, 5) is 4.13. The standard InChI is InChI=1S/C13H11Cl3N2/c14-6-9-2-1-3-10(4-9)7-17-13-12(16)5-11(15)8-18-13/h1-5,8H,6-7H2,(H,17,18). The van der Waals surface area contributed by atoms with E-state index in [9.17, 15) is 0 Å². The maximum Gasteiger partial charge on any atom is 0.145 e. The van der Waals surface area contributed by atoms with E-state index in [-0.39, 0.29) is 0 Å². The lowest BCUT2D eigenvalue weighted by Gasteiger charge is -2.08. The molecule has 0 aliphatic carbocycles. The second-order valence-electron chi connectivity index (χ2n) is 3.79. The number of hydrogen-bond acceptors (Lipinski definition) is 2. The normalized spacial score (nSPS) is 10.4. The first-order valence-electron chi connectivity index (χ1n) is 5.38. The zero-order chi connectivity index (χ0) is 13.0. The first kappa shape index (κ1) is 13.5. The molecule has 1 aromatic heterocycles. The summed E-state index contributed by atoms with van der Waals surface area (Å²) in [6.45, 7) is 0.638. The fourth-order valence-electron chi connectivity index (χ4n) is 1.55. The van der Waals surface area contributed by atoms with Crippen LogP contribution in [0, 0.1) is 0 Å². The molecule has 0 fully saturated rings. The van der Waals surface area contributed by atoms with Crippen molar-refractivity contribution in [3.63, 3.8) is 0 Å². The summed E-state index contributed by atoms with van der Waals surface area (Å²) in [6.07, 6.45) is 1.56. The van der Waals surface area contributed by atoms with Crippen molar-refractivity contribution in [2.45, 2.75) is 12.4 Å². The van der Waals surface area contributed by atoms with E-state index in [4.69, 9.17) is 34.8 Å². The maximum atomic E-state index is 6.02. The fraction of sp³-hybridized carbons (Fsp3) is 0.154. The highest BCUT2D eigenvalue weighted by molar-refractivity contribution is 6.35. The third-order valence-electron chi connectivity index (χ3n) is 2.41. The molecule has 0 aliphatic heterocycles. The van der Waals surface area contributed by atoms with Gasteiger partial charge in [0.25, 0.3) is 0 Å². The molecule has 0 unspecified atom stereocenters. The van der Waals surface area contributed by atoms with Crippen LogP contribution in [0.4, 0.5) is 5.82 Å². The first-order valence-corrected chi connectivity index (χ1v) is 6.67. The average molecular weight is 302 g/mol. The molecule has 2 aromatic rings. The smallest absolute Gasteiger partial charge is 0.145 e. The van der Waals surface area contributed by atoms with Gasteiger partial charge in [-0.3, -0.25) is 0 Å². The number of hydrogen-bond donors (Lipinski definition) is 1. The van der Waals surface area contributed by atoms with Crippen LogP contribution < -0.4 is 5.32 Å². The molecule has 0 saturated carbocycles. The highest BCUT2D eigenvalue weighted by Gasteiger charge is 2.02. The lowest BCUT2D eigenvalue weighted by Crippen LogP contribution is -2.02. The zero-order valence-electron chi connectivity index (χ0n) is 9.46. The molecule has 5 heteroatoms. The van der Waals surface area contributed by atoms with Crippen LogP contribution in [0.25, 0.3) is 0 Å². The van der Waals surface area contributed by atoms with E-state index >= 15 is 0 Å². The van der Waals surface area contributed by atoms with Gasteiger partial charge in [0.2, 0.25) is 0 Å². The molecule has 0 radical (unpaired) electrons. The van der Waals surface area contributed by atoms with Crippen molar-refractivity contribution < 1.29 is 0 Å². The van der Waals surface area contributed by atoms with Crippen molar-refractivity contribution in [3.8, 4) is 0 Å². The molecule has 0 amide bonds. The third-order valence-corrected chi connectivity index (χ3v) is 3.22. The number of alkyl halides is 1. The van der Waals surface area contributed by atoms with Gasteiger partial charge in [0.15, 0.2) is 0 Å². The van der Waals surface area contributed by atoms with Crippen LogP contribution in [0.15, 0.2) is 36.5 Å². The molecule has 0 aliphatic rings. The Hall–Kier alpha value is -0.960. The van der Waals surface area contributed by atoms with Gasteiger partial charge < -0.3 is 5.32 Å². The van der Waals surface area contributed by atoms with Crippen LogP contribution >= 0.6 is 34.8 Å². The van der Waals surface area contributed by atoms with Gasteiger partial charge in [-0.25, -0.2) is 4.98 Å². The maximum absolute atomic E-state index is 6.02. The monoisotopic (exact) mass is 300 g/mol. The van der Waals surface area contributed by atoms with Gasteiger partial charge in [0.05, 0.1) is 10.0 Å². The Kier molecular flexibility index (Phi) is 4.70. The molecule has 0 spiro atoms. The Morgan fingerprint density at radius 2 is 1.89 bits per heavy atom. The highest BCUT2D eigenvalue weighted by Crippen LogP contribution is 2.23. The van der Waals surface area contributed by atoms with Crippen molar-refractivity contribution in [1.82, 2.24) is 4.98 Å². The fourth-order valence-corrected chi connectivity index (χ4v) is 2.17. The quantitative estimate of drug-likeness (QED) is 0.825. The Bertz CT molecular complexity index is 544. The van der Waals surface area contributed by atoms with Gasteiger partial charge in [0, 0.05) is 18.6 Å². The molecule has 94 valence electrons. The second kappa shape index (κ2) is 6.28. The van der Waals surface area contributed by atoms with Crippen molar-refractivity contribution in [1.29, 1.82) is 0 Å². The molecule has 1 N–H and O–H groups in total. The molecule has 1 heterocycles. The minimum atomic E-state index is 0.508. The summed E-state index contributed by atoms with van der Waals surface area (Å²) in [5, 5.41) is 4.20. The topological polar surface area (TPSA) is 24.9 Å². The number of halogens is 3. The van der Waals surface area contributed by atoms with E-state index < -0.39 is 0 Å². The molecule has 2 nitrogen and oxygen atoms in total. The predicted octanol–water partition coefficient (Wildman–Crippen LogP) is 4.74. The third kappa shape index (κ3) is 3.52. The molecular formula is C13H11Cl3N2. The van der Waals surface area contributed by atoms with Crippen LogP contribution in [0.2, 0.25) is 10.0 Å². The molecule has 1 aromatic carbocycles. The highest BCUT2D eigenvalue weighted by atomic mass is 35.5. The van der Waals surface area contributed by atoms with E-state index in [1.807, 2.05) is 24.3 Å². The largest absolute Gasteiger partial charge is 0.365 e. The number of nitrogens with one attached hydrogen (secondary N) is 1. The molecule has 18 heavy (non-hydrogen) atoms. The first-order chi connectivity index (χ1) is 8.69. The van der Waals surface area contributed by atoms with Crippen molar-refractivity contribution in [2.75, 3.05) is 5.32 Å². The number of pyridine rings is 1. The minimum absolute atomic E-state index is 0.508.